The summed E-state index contributed by atoms with van der Waals surface area (Å²) >= 11 is 0. The molecule has 0 aliphatic carbocycles. The first-order valence-corrected chi connectivity index (χ1v) is 7.20. The molecule has 1 atom stereocenters. The Morgan fingerprint density at radius 1 is 1.40 bits per heavy atom. The second kappa shape index (κ2) is 7.29. The van der Waals surface area contributed by atoms with Gasteiger partial charge in [0.2, 0.25) is 0 Å². The van der Waals surface area contributed by atoms with E-state index in [9.17, 15) is 4.79 Å². The van der Waals surface area contributed by atoms with E-state index in [2.05, 4.69) is 5.32 Å². The van der Waals surface area contributed by atoms with Crippen LogP contribution < -0.4 is 15.8 Å². The van der Waals surface area contributed by atoms with E-state index in [0.29, 0.717) is 12.3 Å². The number of carbonyl (C=O) groups excluding carboxylic acids is 1. The fourth-order valence-corrected chi connectivity index (χ4v) is 1.85. The number of aryl methyl sites for hydroxylation is 1. The van der Waals surface area contributed by atoms with E-state index in [1.165, 1.54) is 0 Å². The summed E-state index contributed by atoms with van der Waals surface area (Å²) in [6.07, 6.45) is 1.13. The van der Waals surface area contributed by atoms with Crippen molar-refractivity contribution in [1.29, 1.82) is 0 Å². The predicted molar refractivity (Wildman–Crippen MR) is 81.8 cm³/mol. The van der Waals surface area contributed by atoms with Gasteiger partial charge < -0.3 is 15.8 Å². The lowest BCUT2D eigenvalue weighted by atomic mass is 9.94. The number of nitrogens with two attached hydrogens (primary N) is 1. The van der Waals surface area contributed by atoms with Crippen LogP contribution in [0.5, 0.6) is 5.75 Å². The van der Waals surface area contributed by atoms with Crippen LogP contribution in [0.25, 0.3) is 0 Å². The van der Waals surface area contributed by atoms with Crippen LogP contribution in [0.2, 0.25) is 0 Å². The summed E-state index contributed by atoms with van der Waals surface area (Å²) in [5.74, 6) is 0.570. The van der Waals surface area contributed by atoms with Gasteiger partial charge in [-0.1, -0.05) is 26.0 Å². The van der Waals surface area contributed by atoms with E-state index in [1.54, 1.807) is 6.92 Å². The highest BCUT2D eigenvalue weighted by atomic mass is 16.5. The van der Waals surface area contributed by atoms with Crippen molar-refractivity contribution in [3.8, 4) is 5.75 Å². The molecule has 1 rings (SSSR count). The van der Waals surface area contributed by atoms with Gasteiger partial charge in [-0.25, -0.2) is 0 Å². The molecule has 0 radical (unpaired) electrons. The largest absolute Gasteiger partial charge is 0.481 e. The summed E-state index contributed by atoms with van der Waals surface area (Å²) in [6.45, 7) is 8.27. The van der Waals surface area contributed by atoms with Crippen molar-refractivity contribution in [3.63, 3.8) is 0 Å². The van der Waals surface area contributed by atoms with Crippen molar-refractivity contribution in [2.75, 3.05) is 6.54 Å². The molecule has 0 aromatic heterocycles. The third-order valence-electron chi connectivity index (χ3n) is 3.69. The standard InChI is InChI=1S/C16H26N2O2/c1-5-16(17,6-2)11-18-15(19)13(4)20-14-9-7-8-12(3)10-14/h7-10,13H,5-6,11,17H2,1-4H3,(H,18,19). The summed E-state index contributed by atoms with van der Waals surface area (Å²) < 4.78 is 5.64. The minimum Gasteiger partial charge on any atom is -0.481 e. The summed E-state index contributed by atoms with van der Waals surface area (Å²) in [5, 5.41) is 2.87. The zero-order valence-electron chi connectivity index (χ0n) is 12.9. The molecule has 1 aromatic rings. The summed E-state index contributed by atoms with van der Waals surface area (Å²) in [6, 6.07) is 7.66. The Morgan fingerprint density at radius 3 is 2.60 bits per heavy atom. The molecule has 3 N–H and O–H groups in total. The second-order valence-electron chi connectivity index (χ2n) is 5.36. The molecule has 1 unspecified atom stereocenters. The molecule has 0 heterocycles. The van der Waals surface area contributed by atoms with Gasteiger partial charge in [-0.15, -0.1) is 0 Å². The van der Waals surface area contributed by atoms with Crippen molar-refractivity contribution in [1.82, 2.24) is 5.32 Å². The number of rotatable bonds is 7. The van der Waals surface area contributed by atoms with Crippen LogP contribution in [0, 0.1) is 6.92 Å². The zero-order valence-corrected chi connectivity index (χ0v) is 12.9. The van der Waals surface area contributed by atoms with Crippen molar-refractivity contribution >= 4 is 5.91 Å². The Balaban J connectivity index is 2.51. The molecule has 4 heteroatoms. The van der Waals surface area contributed by atoms with Gasteiger partial charge in [-0.05, 0) is 44.4 Å². The molecule has 0 saturated heterocycles. The second-order valence-corrected chi connectivity index (χ2v) is 5.36. The Kier molecular flexibility index (Phi) is 6.02. The number of nitrogens with one attached hydrogen (secondary N) is 1. The van der Waals surface area contributed by atoms with Crippen LogP contribution in [-0.2, 0) is 4.79 Å². The maximum absolute atomic E-state index is 12.0. The number of hydrogen-bond donors (Lipinski definition) is 2. The van der Waals surface area contributed by atoms with Gasteiger partial charge >= 0.3 is 0 Å². The first-order valence-electron chi connectivity index (χ1n) is 7.20. The van der Waals surface area contributed by atoms with E-state index in [4.69, 9.17) is 10.5 Å². The normalized spacial score (nSPS) is 12.8. The summed E-state index contributed by atoms with van der Waals surface area (Å²) in [5.41, 5.74) is 6.93. The van der Waals surface area contributed by atoms with Crippen LogP contribution in [0.3, 0.4) is 0 Å². The molecule has 4 nitrogen and oxygen atoms in total. The third kappa shape index (κ3) is 4.85. The monoisotopic (exact) mass is 278 g/mol. The highest BCUT2D eigenvalue weighted by molar-refractivity contribution is 5.80. The Hall–Kier alpha value is -1.55. The Morgan fingerprint density at radius 2 is 2.05 bits per heavy atom. The molecule has 1 amide bonds. The van der Waals surface area contributed by atoms with E-state index in [-0.39, 0.29) is 11.4 Å². The zero-order chi connectivity index (χ0) is 15.2. The first-order chi connectivity index (χ1) is 9.40. The molecular formula is C16H26N2O2. The van der Waals surface area contributed by atoms with Crippen LogP contribution in [0.1, 0.15) is 39.2 Å². The van der Waals surface area contributed by atoms with Gasteiger partial charge in [0.25, 0.3) is 5.91 Å². The molecule has 0 bridgehead atoms. The molecule has 0 spiro atoms. The number of carbonyl (C=O) groups is 1. The predicted octanol–water partition coefficient (Wildman–Crippen LogP) is 2.40. The topological polar surface area (TPSA) is 64.3 Å². The van der Waals surface area contributed by atoms with Gasteiger partial charge in [0.1, 0.15) is 5.75 Å². The number of ether oxygens (including phenoxy) is 1. The van der Waals surface area contributed by atoms with Gasteiger partial charge in [-0.3, -0.25) is 4.79 Å². The first kappa shape index (κ1) is 16.5. The lowest BCUT2D eigenvalue weighted by Gasteiger charge is -2.27. The summed E-state index contributed by atoms with van der Waals surface area (Å²) in [4.78, 5) is 12.0. The van der Waals surface area contributed by atoms with Gasteiger partial charge in [-0.2, -0.15) is 0 Å². The molecule has 0 aliphatic rings. The maximum atomic E-state index is 12.0. The van der Waals surface area contributed by atoms with Gasteiger partial charge in [0.05, 0.1) is 0 Å². The fourth-order valence-electron chi connectivity index (χ4n) is 1.85. The number of benzene rings is 1. The quantitative estimate of drug-likeness (QED) is 0.805. The van der Waals surface area contributed by atoms with Crippen molar-refractivity contribution in [3.05, 3.63) is 29.8 Å². The highest BCUT2D eigenvalue weighted by Gasteiger charge is 2.23. The van der Waals surface area contributed by atoms with Crippen molar-refractivity contribution < 1.29 is 9.53 Å². The Bertz CT molecular complexity index is 442. The van der Waals surface area contributed by atoms with E-state index in [1.807, 2.05) is 45.0 Å². The minimum atomic E-state index is -0.533. The molecule has 1 aromatic carbocycles. The van der Waals surface area contributed by atoms with Gasteiger partial charge in [0, 0.05) is 12.1 Å². The number of hydrogen-bond acceptors (Lipinski definition) is 3. The van der Waals surface area contributed by atoms with Crippen molar-refractivity contribution in [2.24, 2.45) is 5.73 Å². The Labute approximate surface area is 121 Å². The van der Waals surface area contributed by atoms with Crippen LogP contribution in [-0.4, -0.2) is 24.1 Å². The average molecular weight is 278 g/mol. The van der Waals surface area contributed by atoms with Crippen LogP contribution in [0.15, 0.2) is 24.3 Å². The van der Waals surface area contributed by atoms with Crippen LogP contribution >= 0.6 is 0 Å². The molecule has 112 valence electrons. The minimum absolute atomic E-state index is 0.136. The maximum Gasteiger partial charge on any atom is 0.260 e. The fraction of sp³-hybridized carbons (Fsp3) is 0.562. The summed E-state index contributed by atoms with van der Waals surface area (Å²) in [7, 11) is 0. The molecular weight excluding hydrogens is 252 g/mol. The average Bonchev–Trinajstić information content (AvgIpc) is 2.44. The molecule has 0 fully saturated rings. The highest BCUT2D eigenvalue weighted by Crippen LogP contribution is 2.14. The lowest BCUT2D eigenvalue weighted by Crippen LogP contribution is -2.51. The van der Waals surface area contributed by atoms with Crippen LogP contribution in [0.4, 0.5) is 0 Å². The third-order valence-corrected chi connectivity index (χ3v) is 3.69. The molecule has 0 aliphatic heterocycles. The SMILES string of the molecule is CCC(N)(CC)CNC(=O)C(C)Oc1cccc(C)c1. The lowest BCUT2D eigenvalue weighted by molar-refractivity contribution is -0.127. The van der Waals surface area contributed by atoms with Crippen molar-refractivity contribution in [2.45, 2.75) is 52.2 Å². The van der Waals surface area contributed by atoms with E-state index < -0.39 is 6.10 Å². The number of amides is 1. The molecule has 20 heavy (non-hydrogen) atoms. The van der Waals surface area contributed by atoms with E-state index >= 15 is 0 Å². The van der Waals surface area contributed by atoms with Gasteiger partial charge in [0.15, 0.2) is 6.10 Å². The van der Waals surface area contributed by atoms with E-state index in [0.717, 1.165) is 18.4 Å². The smallest absolute Gasteiger partial charge is 0.260 e. The molecule has 0 saturated carbocycles.